The summed E-state index contributed by atoms with van der Waals surface area (Å²) in [6.45, 7) is 0. The number of sulfonamides is 1. The molecule has 0 heterocycles. The third kappa shape index (κ3) is 4.60. The standard InChI is InChI=1S/C14H21NO3S/c16-14-9-5-4-8-13(14)15-19(17,18)11-10-12-6-2-1-3-7-12/h1-3,6-7,13-16H,4-5,8-11H2. The molecule has 1 aliphatic carbocycles. The Bertz CT molecular complexity index is 487. The van der Waals surface area contributed by atoms with Gasteiger partial charge in [0.05, 0.1) is 11.9 Å². The molecule has 0 aromatic heterocycles. The Labute approximate surface area is 114 Å². The van der Waals surface area contributed by atoms with E-state index in [1.165, 1.54) is 0 Å². The first-order chi connectivity index (χ1) is 9.07. The zero-order valence-corrected chi connectivity index (χ0v) is 11.8. The molecule has 1 fully saturated rings. The molecule has 0 saturated heterocycles. The molecule has 0 amide bonds. The number of aryl methyl sites for hydroxylation is 1. The average molecular weight is 283 g/mol. The molecule has 1 aromatic carbocycles. The molecule has 1 aliphatic rings. The lowest BCUT2D eigenvalue weighted by molar-refractivity contribution is 0.101. The van der Waals surface area contributed by atoms with E-state index in [-0.39, 0.29) is 11.8 Å². The molecule has 2 atom stereocenters. The average Bonchev–Trinajstić information content (AvgIpc) is 2.40. The summed E-state index contributed by atoms with van der Waals surface area (Å²) in [5.74, 6) is 0.0697. The smallest absolute Gasteiger partial charge is 0.212 e. The van der Waals surface area contributed by atoms with E-state index in [2.05, 4.69) is 4.72 Å². The maximum Gasteiger partial charge on any atom is 0.212 e. The molecule has 1 aromatic rings. The van der Waals surface area contributed by atoms with Gasteiger partial charge in [0.15, 0.2) is 0 Å². The summed E-state index contributed by atoms with van der Waals surface area (Å²) in [7, 11) is -3.32. The van der Waals surface area contributed by atoms with Crippen molar-refractivity contribution in [2.75, 3.05) is 5.75 Å². The molecule has 19 heavy (non-hydrogen) atoms. The minimum Gasteiger partial charge on any atom is -0.391 e. The van der Waals surface area contributed by atoms with Crippen LogP contribution in [0.4, 0.5) is 0 Å². The van der Waals surface area contributed by atoms with Gasteiger partial charge in [-0.1, -0.05) is 43.2 Å². The van der Waals surface area contributed by atoms with Crippen LogP contribution in [0.5, 0.6) is 0 Å². The number of aliphatic hydroxyl groups is 1. The lowest BCUT2D eigenvalue weighted by Gasteiger charge is -2.28. The van der Waals surface area contributed by atoms with E-state index in [4.69, 9.17) is 0 Å². The molecule has 2 rings (SSSR count). The van der Waals surface area contributed by atoms with E-state index in [1.807, 2.05) is 30.3 Å². The van der Waals surface area contributed by atoms with Crippen molar-refractivity contribution in [3.63, 3.8) is 0 Å². The zero-order chi connectivity index (χ0) is 13.7. The first-order valence-corrected chi connectivity index (χ1v) is 8.44. The van der Waals surface area contributed by atoms with Gasteiger partial charge in [0.2, 0.25) is 10.0 Å². The highest BCUT2D eigenvalue weighted by Crippen LogP contribution is 2.19. The molecule has 0 radical (unpaired) electrons. The highest BCUT2D eigenvalue weighted by Gasteiger charge is 2.26. The fraction of sp³-hybridized carbons (Fsp3) is 0.571. The Morgan fingerprint density at radius 1 is 1.16 bits per heavy atom. The van der Waals surface area contributed by atoms with E-state index >= 15 is 0 Å². The van der Waals surface area contributed by atoms with Crippen molar-refractivity contribution in [2.24, 2.45) is 0 Å². The fourth-order valence-electron chi connectivity index (χ4n) is 2.44. The topological polar surface area (TPSA) is 66.4 Å². The number of rotatable bonds is 5. The van der Waals surface area contributed by atoms with Crippen molar-refractivity contribution in [3.8, 4) is 0 Å². The Balaban J connectivity index is 1.88. The van der Waals surface area contributed by atoms with Gasteiger partial charge in [0, 0.05) is 6.04 Å². The maximum absolute atomic E-state index is 12.0. The fourth-order valence-corrected chi connectivity index (χ4v) is 3.79. The highest BCUT2D eigenvalue weighted by molar-refractivity contribution is 7.89. The maximum atomic E-state index is 12.0. The van der Waals surface area contributed by atoms with Crippen molar-refractivity contribution < 1.29 is 13.5 Å². The van der Waals surface area contributed by atoms with Crippen LogP contribution in [0.3, 0.4) is 0 Å². The summed E-state index contributed by atoms with van der Waals surface area (Å²) in [5, 5.41) is 9.79. The van der Waals surface area contributed by atoms with E-state index < -0.39 is 16.1 Å². The molecular formula is C14H21NO3S. The van der Waals surface area contributed by atoms with Gasteiger partial charge >= 0.3 is 0 Å². The quantitative estimate of drug-likeness (QED) is 0.859. The Hall–Kier alpha value is -0.910. The first kappa shape index (κ1) is 14.5. The molecule has 5 heteroatoms. The largest absolute Gasteiger partial charge is 0.391 e. The van der Waals surface area contributed by atoms with E-state index in [9.17, 15) is 13.5 Å². The number of nitrogens with one attached hydrogen (secondary N) is 1. The Morgan fingerprint density at radius 2 is 1.84 bits per heavy atom. The summed E-state index contributed by atoms with van der Waals surface area (Å²) in [4.78, 5) is 0. The van der Waals surface area contributed by atoms with Crippen LogP contribution in [0.25, 0.3) is 0 Å². The SMILES string of the molecule is O=S(=O)(CCc1ccccc1)NC1CCCCC1O. The highest BCUT2D eigenvalue weighted by atomic mass is 32.2. The van der Waals surface area contributed by atoms with Gasteiger partial charge in [-0.3, -0.25) is 0 Å². The van der Waals surface area contributed by atoms with Crippen molar-refractivity contribution >= 4 is 10.0 Å². The molecular weight excluding hydrogens is 262 g/mol. The predicted octanol–water partition coefficient (Wildman–Crippen LogP) is 1.45. The van der Waals surface area contributed by atoms with Gasteiger partial charge in [-0.05, 0) is 24.8 Å². The lowest BCUT2D eigenvalue weighted by atomic mass is 9.93. The van der Waals surface area contributed by atoms with Crippen molar-refractivity contribution in [1.29, 1.82) is 0 Å². The number of benzene rings is 1. The Kier molecular flexibility index (Phi) is 4.96. The van der Waals surface area contributed by atoms with Gasteiger partial charge < -0.3 is 5.11 Å². The summed E-state index contributed by atoms with van der Waals surface area (Å²) >= 11 is 0. The summed E-state index contributed by atoms with van der Waals surface area (Å²) < 4.78 is 26.6. The van der Waals surface area contributed by atoms with Crippen LogP contribution in [-0.4, -0.2) is 31.4 Å². The third-order valence-electron chi connectivity index (χ3n) is 3.56. The molecule has 0 bridgehead atoms. The minimum absolute atomic E-state index is 0.0697. The molecule has 0 aliphatic heterocycles. The van der Waals surface area contributed by atoms with E-state index in [1.54, 1.807) is 0 Å². The third-order valence-corrected chi connectivity index (χ3v) is 4.97. The summed E-state index contributed by atoms with van der Waals surface area (Å²) in [6, 6.07) is 9.25. The number of hydrogen-bond donors (Lipinski definition) is 2. The zero-order valence-electron chi connectivity index (χ0n) is 11.0. The molecule has 106 valence electrons. The predicted molar refractivity (Wildman–Crippen MR) is 75.3 cm³/mol. The molecule has 0 spiro atoms. The van der Waals surface area contributed by atoms with Crippen molar-refractivity contribution in [3.05, 3.63) is 35.9 Å². The second-order valence-corrected chi connectivity index (χ2v) is 7.00. The van der Waals surface area contributed by atoms with Crippen molar-refractivity contribution in [1.82, 2.24) is 4.72 Å². The lowest BCUT2D eigenvalue weighted by Crippen LogP contribution is -2.45. The molecule has 1 saturated carbocycles. The molecule has 2 unspecified atom stereocenters. The minimum atomic E-state index is -3.32. The van der Waals surface area contributed by atoms with Gasteiger partial charge in [-0.25, -0.2) is 13.1 Å². The van der Waals surface area contributed by atoms with Crippen LogP contribution >= 0.6 is 0 Å². The molecule has 2 N–H and O–H groups in total. The van der Waals surface area contributed by atoms with Gasteiger partial charge in [-0.2, -0.15) is 0 Å². The van der Waals surface area contributed by atoms with E-state index in [0.717, 1.165) is 24.8 Å². The van der Waals surface area contributed by atoms with Gasteiger partial charge in [-0.15, -0.1) is 0 Å². The van der Waals surface area contributed by atoms with Gasteiger partial charge in [0.1, 0.15) is 0 Å². The number of hydrogen-bond acceptors (Lipinski definition) is 3. The Morgan fingerprint density at radius 3 is 2.53 bits per heavy atom. The van der Waals surface area contributed by atoms with E-state index in [0.29, 0.717) is 12.8 Å². The van der Waals surface area contributed by atoms with Crippen LogP contribution in [0.2, 0.25) is 0 Å². The van der Waals surface area contributed by atoms with Crippen LogP contribution in [0, 0.1) is 0 Å². The summed E-state index contributed by atoms with van der Waals surface area (Å²) in [5.41, 5.74) is 1.01. The monoisotopic (exact) mass is 283 g/mol. The van der Waals surface area contributed by atoms with Crippen LogP contribution in [-0.2, 0) is 16.4 Å². The molecule has 4 nitrogen and oxygen atoms in total. The van der Waals surface area contributed by atoms with Crippen LogP contribution < -0.4 is 4.72 Å². The van der Waals surface area contributed by atoms with Crippen LogP contribution in [0.1, 0.15) is 31.2 Å². The second-order valence-electron chi connectivity index (χ2n) is 5.13. The number of aliphatic hydroxyl groups excluding tert-OH is 1. The first-order valence-electron chi connectivity index (χ1n) is 6.79. The normalized spacial score (nSPS) is 24.3. The summed E-state index contributed by atoms with van der Waals surface area (Å²) in [6.07, 6.45) is 3.32. The van der Waals surface area contributed by atoms with Gasteiger partial charge in [0.25, 0.3) is 0 Å². The second kappa shape index (κ2) is 6.50. The van der Waals surface area contributed by atoms with Crippen LogP contribution in [0.15, 0.2) is 30.3 Å². The van der Waals surface area contributed by atoms with Crippen molar-refractivity contribution in [2.45, 2.75) is 44.2 Å².